The molecule has 0 spiro atoms. The van der Waals surface area contributed by atoms with Crippen molar-refractivity contribution >= 4 is 17.2 Å². The zero-order chi connectivity index (χ0) is 14.8. The molecule has 3 rings (SSSR count). The zero-order valence-electron chi connectivity index (χ0n) is 12.3. The van der Waals surface area contributed by atoms with Crippen molar-refractivity contribution in [2.75, 3.05) is 6.54 Å². The van der Waals surface area contributed by atoms with Crippen molar-refractivity contribution in [3.05, 3.63) is 51.7 Å². The summed E-state index contributed by atoms with van der Waals surface area (Å²) in [6.45, 7) is 5.35. The van der Waals surface area contributed by atoms with Gasteiger partial charge in [0.1, 0.15) is 5.75 Å². The molecule has 0 aliphatic carbocycles. The first-order valence-corrected chi connectivity index (χ1v) is 8.09. The number of hydrogen-bond acceptors (Lipinski definition) is 3. The highest BCUT2D eigenvalue weighted by molar-refractivity contribution is 7.10. The summed E-state index contributed by atoms with van der Waals surface area (Å²) >= 11 is 1.78. The van der Waals surface area contributed by atoms with Crippen LogP contribution in [0.4, 0.5) is 0 Å². The van der Waals surface area contributed by atoms with Gasteiger partial charge in [0.15, 0.2) is 6.10 Å². The summed E-state index contributed by atoms with van der Waals surface area (Å²) in [6, 6.07) is 9.92. The van der Waals surface area contributed by atoms with Gasteiger partial charge in [0.2, 0.25) is 0 Å². The highest BCUT2D eigenvalue weighted by Crippen LogP contribution is 2.24. The van der Waals surface area contributed by atoms with Gasteiger partial charge in [-0.2, -0.15) is 0 Å². The maximum absolute atomic E-state index is 12.5. The number of ether oxygens (including phenoxy) is 1. The molecule has 1 aromatic heterocycles. The first kappa shape index (κ1) is 14.1. The lowest BCUT2D eigenvalue weighted by molar-refractivity contribution is -0.138. The van der Waals surface area contributed by atoms with E-state index in [9.17, 15) is 4.79 Å². The van der Waals surface area contributed by atoms with Crippen molar-refractivity contribution in [3.8, 4) is 5.75 Å². The van der Waals surface area contributed by atoms with Crippen molar-refractivity contribution in [1.29, 1.82) is 0 Å². The van der Waals surface area contributed by atoms with Crippen LogP contribution in [-0.2, 0) is 17.8 Å². The lowest BCUT2D eigenvalue weighted by Gasteiger charge is -2.29. The molecule has 0 N–H and O–H groups in total. The molecule has 110 valence electrons. The largest absolute Gasteiger partial charge is 0.481 e. The van der Waals surface area contributed by atoms with Crippen molar-refractivity contribution in [2.45, 2.75) is 32.9 Å². The number of carbonyl (C=O) groups excluding carboxylic acids is 1. The Hall–Kier alpha value is -1.81. The van der Waals surface area contributed by atoms with Crippen LogP contribution in [-0.4, -0.2) is 23.5 Å². The summed E-state index contributed by atoms with van der Waals surface area (Å²) < 4.78 is 5.77. The number of rotatable bonds is 3. The van der Waals surface area contributed by atoms with E-state index < -0.39 is 6.10 Å². The van der Waals surface area contributed by atoms with Gasteiger partial charge >= 0.3 is 0 Å². The van der Waals surface area contributed by atoms with E-state index in [1.807, 2.05) is 43.0 Å². The maximum atomic E-state index is 12.5. The molecule has 1 aliphatic rings. The van der Waals surface area contributed by atoms with Gasteiger partial charge in [-0.1, -0.05) is 17.7 Å². The number of fused-ring (bicyclic) bond motifs is 1. The van der Waals surface area contributed by atoms with Crippen LogP contribution in [0, 0.1) is 6.92 Å². The molecule has 2 heterocycles. The number of nitrogens with zero attached hydrogens (tertiary/aromatic N) is 1. The highest BCUT2D eigenvalue weighted by Gasteiger charge is 2.26. The smallest absolute Gasteiger partial charge is 0.263 e. The quantitative estimate of drug-likeness (QED) is 0.869. The molecule has 4 heteroatoms. The van der Waals surface area contributed by atoms with Crippen molar-refractivity contribution in [3.63, 3.8) is 0 Å². The van der Waals surface area contributed by atoms with Crippen molar-refractivity contribution < 1.29 is 9.53 Å². The summed E-state index contributed by atoms with van der Waals surface area (Å²) in [5, 5.41) is 2.10. The molecule has 1 unspecified atom stereocenters. The number of carbonyl (C=O) groups is 1. The summed E-state index contributed by atoms with van der Waals surface area (Å²) in [5.74, 6) is 0.808. The normalized spacial score (nSPS) is 15.4. The topological polar surface area (TPSA) is 29.5 Å². The molecule has 2 aromatic rings. The summed E-state index contributed by atoms with van der Waals surface area (Å²) in [5.41, 5.74) is 2.46. The van der Waals surface area contributed by atoms with Crippen LogP contribution < -0.4 is 4.74 Å². The number of thiophene rings is 1. The first-order chi connectivity index (χ1) is 10.1. The molecule has 3 nitrogen and oxygen atoms in total. The Morgan fingerprint density at radius 2 is 2.05 bits per heavy atom. The standard InChI is InChI=1S/C17H19NO2S/c1-12-3-5-15(6-4-12)20-13(2)17(19)18-9-7-16-14(11-18)8-10-21-16/h3-6,8,10,13H,7,9,11H2,1-2H3. The molecule has 1 aromatic carbocycles. The van der Waals surface area contributed by atoms with Gasteiger partial charge in [0.05, 0.1) is 0 Å². The van der Waals surface area contributed by atoms with E-state index in [-0.39, 0.29) is 5.91 Å². The second-order valence-corrected chi connectivity index (χ2v) is 6.45. The van der Waals surface area contributed by atoms with Gasteiger partial charge in [0, 0.05) is 18.0 Å². The van der Waals surface area contributed by atoms with E-state index in [4.69, 9.17) is 4.74 Å². The molecule has 0 saturated heterocycles. The molecular weight excluding hydrogens is 282 g/mol. The molecule has 1 aliphatic heterocycles. The van der Waals surface area contributed by atoms with Crippen LogP contribution >= 0.6 is 11.3 Å². The summed E-state index contributed by atoms with van der Waals surface area (Å²) in [6.07, 6.45) is 0.503. The highest BCUT2D eigenvalue weighted by atomic mass is 32.1. The third kappa shape index (κ3) is 3.10. The Labute approximate surface area is 129 Å². The maximum Gasteiger partial charge on any atom is 0.263 e. The molecule has 1 amide bonds. The second-order valence-electron chi connectivity index (χ2n) is 5.45. The molecule has 21 heavy (non-hydrogen) atoms. The van der Waals surface area contributed by atoms with E-state index in [2.05, 4.69) is 11.4 Å². The average molecular weight is 301 g/mol. The van der Waals surface area contributed by atoms with Gasteiger partial charge in [0.25, 0.3) is 5.91 Å². The molecule has 0 radical (unpaired) electrons. The van der Waals surface area contributed by atoms with Crippen LogP contribution in [0.2, 0.25) is 0 Å². The Morgan fingerprint density at radius 3 is 2.81 bits per heavy atom. The van der Waals surface area contributed by atoms with Gasteiger partial charge in [-0.25, -0.2) is 0 Å². The number of hydrogen-bond donors (Lipinski definition) is 0. The van der Waals surface area contributed by atoms with E-state index in [1.165, 1.54) is 16.0 Å². The van der Waals surface area contributed by atoms with Crippen molar-refractivity contribution in [2.24, 2.45) is 0 Å². The third-order valence-corrected chi connectivity index (χ3v) is 4.82. The minimum atomic E-state index is -0.451. The molecule has 1 atom stereocenters. The SMILES string of the molecule is Cc1ccc(OC(C)C(=O)N2CCc3sccc3C2)cc1. The van der Waals surface area contributed by atoms with E-state index >= 15 is 0 Å². The van der Waals surface area contributed by atoms with Gasteiger partial charge in [-0.15, -0.1) is 11.3 Å². The fourth-order valence-corrected chi connectivity index (χ4v) is 3.45. The van der Waals surface area contributed by atoms with Gasteiger partial charge in [-0.3, -0.25) is 4.79 Å². The predicted molar refractivity (Wildman–Crippen MR) is 84.7 cm³/mol. The Balaban J connectivity index is 1.64. The Kier molecular flexibility index (Phi) is 3.97. The number of aryl methyl sites for hydroxylation is 1. The molecule has 0 fully saturated rings. The lowest BCUT2D eigenvalue weighted by atomic mass is 10.1. The monoisotopic (exact) mass is 301 g/mol. The second kappa shape index (κ2) is 5.90. The minimum absolute atomic E-state index is 0.0624. The van der Waals surface area contributed by atoms with E-state index in [0.717, 1.165) is 18.7 Å². The van der Waals surface area contributed by atoms with E-state index in [0.29, 0.717) is 6.54 Å². The van der Waals surface area contributed by atoms with Gasteiger partial charge in [-0.05, 0) is 49.4 Å². The van der Waals surface area contributed by atoms with Crippen LogP contribution in [0.3, 0.4) is 0 Å². The van der Waals surface area contributed by atoms with E-state index in [1.54, 1.807) is 11.3 Å². The number of amides is 1. The zero-order valence-corrected chi connectivity index (χ0v) is 13.2. The number of benzene rings is 1. The van der Waals surface area contributed by atoms with Gasteiger partial charge < -0.3 is 9.64 Å². The van der Waals surface area contributed by atoms with Crippen LogP contribution in [0.5, 0.6) is 5.75 Å². The Bertz CT molecular complexity index is 632. The summed E-state index contributed by atoms with van der Waals surface area (Å²) in [4.78, 5) is 15.8. The van der Waals surface area contributed by atoms with Crippen LogP contribution in [0.15, 0.2) is 35.7 Å². The third-order valence-electron chi connectivity index (χ3n) is 3.80. The van der Waals surface area contributed by atoms with Crippen LogP contribution in [0.25, 0.3) is 0 Å². The van der Waals surface area contributed by atoms with Crippen LogP contribution in [0.1, 0.15) is 22.9 Å². The molecule has 0 saturated carbocycles. The minimum Gasteiger partial charge on any atom is -0.481 e. The van der Waals surface area contributed by atoms with Crippen molar-refractivity contribution in [1.82, 2.24) is 4.90 Å². The fourth-order valence-electron chi connectivity index (χ4n) is 2.57. The fraction of sp³-hybridized carbons (Fsp3) is 0.353. The molecular formula is C17H19NO2S. The predicted octanol–water partition coefficient (Wildman–Crippen LogP) is 3.41. The summed E-state index contributed by atoms with van der Waals surface area (Å²) in [7, 11) is 0. The lowest BCUT2D eigenvalue weighted by Crippen LogP contribution is -2.42. The molecule has 0 bridgehead atoms. The average Bonchev–Trinajstić information content (AvgIpc) is 2.96. The first-order valence-electron chi connectivity index (χ1n) is 7.21. The Morgan fingerprint density at radius 1 is 1.29 bits per heavy atom.